The van der Waals surface area contributed by atoms with Gasteiger partial charge in [0.1, 0.15) is 22.3 Å². The van der Waals surface area contributed by atoms with Gasteiger partial charge in [0.05, 0.1) is 0 Å². The van der Waals surface area contributed by atoms with Gasteiger partial charge in [0.25, 0.3) is 5.91 Å². The third kappa shape index (κ3) is 6.26. The average Bonchev–Trinajstić information content (AvgIpc) is 2.80. The smallest absolute Gasteiger partial charge is 0.257 e. The largest absolute Gasteiger partial charge is 0.484 e. The van der Waals surface area contributed by atoms with E-state index in [0.717, 1.165) is 16.4 Å². The summed E-state index contributed by atoms with van der Waals surface area (Å²) in [5.41, 5.74) is 0.530. The van der Waals surface area contributed by atoms with Crippen LogP contribution in [0.3, 0.4) is 0 Å². The van der Waals surface area contributed by atoms with Crippen molar-refractivity contribution < 1.29 is 31.5 Å². The predicted octanol–water partition coefficient (Wildman–Crippen LogP) is 2.52. The molecule has 2 N–H and O–H groups in total. The molecule has 0 bridgehead atoms. The van der Waals surface area contributed by atoms with Crippen LogP contribution in [0.15, 0.2) is 47.4 Å². The Kier molecular flexibility index (Phi) is 7.98. The molecule has 3 rings (SSSR count). The highest BCUT2D eigenvalue weighted by atomic mass is 32.2. The fourth-order valence-corrected chi connectivity index (χ4v) is 4.99. The molecule has 2 aromatic carbocycles. The number of piperidine rings is 1. The van der Waals surface area contributed by atoms with Gasteiger partial charge in [0.2, 0.25) is 15.9 Å². The van der Waals surface area contributed by atoms with Crippen molar-refractivity contribution in [2.45, 2.75) is 24.7 Å². The van der Waals surface area contributed by atoms with Crippen LogP contribution < -0.4 is 15.4 Å². The van der Waals surface area contributed by atoms with E-state index in [2.05, 4.69) is 10.6 Å². The molecule has 0 radical (unpaired) electrons. The Labute approximate surface area is 191 Å². The highest BCUT2D eigenvalue weighted by Crippen LogP contribution is 2.27. The highest BCUT2D eigenvalue weighted by Gasteiger charge is 2.33. The lowest BCUT2D eigenvalue weighted by Crippen LogP contribution is -2.41. The van der Waals surface area contributed by atoms with Crippen molar-refractivity contribution in [3.05, 3.63) is 54.1 Å². The molecule has 0 aliphatic carbocycles. The van der Waals surface area contributed by atoms with Crippen LogP contribution in [-0.4, -0.2) is 50.8 Å². The van der Waals surface area contributed by atoms with E-state index in [0.29, 0.717) is 24.0 Å². The van der Waals surface area contributed by atoms with E-state index >= 15 is 0 Å². The summed E-state index contributed by atoms with van der Waals surface area (Å²) >= 11 is 0. The van der Waals surface area contributed by atoms with Crippen LogP contribution in [0.1, 0.15) is 19.8 Å². The maximum Gasteiger partial charge on any atom is 0.257 e. The minimum absolute atomic E-state index is 0.0168. The molecule has 2 amide bonds. The van der Waals surface area contributed by atoms with Crippen LogP contribution in [0.25, 0.3) is 0 Å². The van der Waals surface area contributed by atoms with E-state index in [9.17, 15) is 26.8 Å². The summed E-state index contributed by atoms with van der Waals surface area (Å²) < 4.78 is 59.1. The maximum absolute atomic E-state index is 14.0. The lowest BCUT2D eigenvalue weighted by molar-refractivity contribution is -0.123. The third-order valence-electron chi connectivity index (χ3n) is 5.20. The molecule has 11 heteroatoms. The van der Waals surface area contributed by atoms with E-state index < -0.39 is 32.5 Å². The number of anilines is 1. The summed E-state index contributed by atoms with van der Waals surface area (Å²) in [5.74, 6) is -2.31. The Balaban J connectivity index is 1.53. The molecule has 33 heavy (non-hydrogen) atoms. The number of nitrogens with one attached hydrogen (secondary N) is 2. The molecule has 0 atom stereocenters. The van der Waals surface area contributed by atoms with Gasteiger partial charge in [-0.25, -0.2) is 17.2 Å². The van der Waals surface area contributed by atoms with Gasteiger partial charge in [-0.1, -0.05) is 0 Å². The van der Waals surface area contributed by atoms with E-state index in [4.69, 9.17) is 4.74 Å². The number of likely N-dealkylation sites (N-methyl/N-ethyl adjacent to an activating group) is 1. The second-order valence-corrected chi connectivity index (χ2v) is 9.42. The zero-order valence-corrected chi connectivity index (χ0v) is 18.8. The van der Waals surface area contributed by atoms with Gasteiger partial charge in [-0.2, -0.15) is 4.31 Å². The van der Waals surface area contributed by atoms with Crippen LogP contribution >= 0.6 is 0 Å². The van der Waals surface area contributed by atoms with Crippen molar-refractivity contribution in [2.75, 3.05) is 31.6 Å². The number of halogens is 2. The topological polar surface area (TPSA) is 105 Å². The van der Waals surface area contributed by atoms with Crippen molar-refractivity contribution in [3.63, 3.8) is 0 Å². The maximum atomic E-state index is 14.0. The monoisotopic (exact) mass is 481 g/mol. The van der Waals surface area contributed by atoms with Gasteiger partial charge in [-0.3, -0.25) is 9.59 Å². The first-order chi connectivity index (χ1) is 15.7. The Morgan fingerprint density at radius 3 is 2.39 bits per heavy atom. The van der Waals surface area contributed by atoms with Gasteiger partial charge >= 0.3 is 0 Å². The molecule has 1 heterocycles. The van der Waals surface area contributed by atoms with Crippen LogP contribution in [0.5, 0.6) is 5.75 Å². The first-order valence-corrected chi connectivity index (χ1v) is 11.9. The Bertz CT molecular complexity index is 1100. The number of hydrogen-bond donors (Lipinski definition) is 2. The van der Waals surface area contributed by atoms with Gasteiger partial charge in [-0.05, 0) is 62.2 Å². The van der Waals surface area contributed by atoms with Crippen molar-refractivity contribution in [1.29, 1.82) is 0 Å². The minimum Gasteiger partial charge on any atom is -0.484 e. The number of sulfonamides is 1. The summed E-state index contributed by atoms with van der Waals surface area (Å²) in [4.78, 5) is 23.3. The Morgan fingerprint density at radius 1 is 1.09 bits per heavy atom. The number of carbonyl (C=O) groups excluding carboxylic acids is 2. The first kappa shape index (κ1) is 24.6. The Morgan fingerprint density at radius 2 is 1.76 bits per heavy atom. The van der Waals surface area contributed by atoms with Gasteiger partial charge in [0, 0.05) is 31.2 Å². The molecule has 1 fully saturated rings. The molecule has 0 spiro atoms. The lowest BCUT2D eigenvalue weighted by atomic mass is 9.97. The molecule has 178 valence electrons. The highest BCUT2D eigenvalue weighted by molar-refractivity contribution is 7.89. The molecular weight excluding hydrogens is 456 g/mol. The molecule has 8 nitrogen and oxygen atoms in total. The lowest BCUT2D eigenvalue weighted by Gasteiger charge is -2.30. The zero-order valence-electron chi connectivity index (χ0n) is 18.0. The number of amides is 2. The molecule has 1 aliphatic heterocycles. The molecule has 0 unspecified atom stereocenters. The van der Waals surface area contributed by atoms with Crippen LogP contribution in [-0.2, 0) is 19.6 Å². The van der Waals surface area contributed by atoms with Crippen LogP contribution in [0, 0.1) is 17.6 Å². The number of benzene rings is 2. The SMILES string of the molecule is CCNC(=O)COc1ccc(NC(=O)C2CCN(S(=O)(=O)c3cc(F)ccc3F)CC2)cc1. The van der Waals surface area contributed by atoms with E-state index in [1.165, 1.54) is 0 Å². The Hall–Kier alpha value is -3.05. The van der Waals surface area contributed by atoms with Crippen molar-refractivity contribution in [2.24, 2.45) is 5.92 Å². The summed E-state index contributed by atoms with van der Waals surface area (Å²) in [6, 6.07) is 8.81. The number of carbonyl (C=O) groups is 2. The van der Waals surface area contributed by atoms with E-state index in [-0.39, 0.29) is 44.4 Å². The van der Waals surface area contributed by atoms with E-state index in [1.807, 2.05) is 6.92 Å². The predicted molar refractivity (Wildman–Crippen MR) is 117 cm³/mol. The minimum atomic E-state index is -4.20. The van der Waals surface area contributed by atoms with Gasteiger partial charge < -0.3 is 15.4 Å². The molecule has 2 aromatic rings. The van der Waals surface area contributed by atoms with Crippen molar-refractivity contribution >= 4 is 27.5 Å². The van der Waals surface area contributed by atoms with Crippen molar-refractivity contribution in [1.82, 2.24) is 9.62 Å². The summed E-state index contributed by atoms with van der Waals surface area (Å²) in [5, 5.41) is 5.39. The standard InChI is InChI=1S/C22H25F2N3O5S/c1-2-25-21(28)14-32-18-6-4-17(5-7-18)26-22(29)15-9-11-27(12-10-15)33(30,31)20-13-16(23)3-8-19(20)24/h3-8,13,15H,2,9-12,14H2,1H3,(H,25,28)(H,26,29). The molecule has 1 aliphatic rings. The zero-order chi connectivity index (χ0) is 24.0. The fraction of sp³-hybridized carbons (Fsp3) is 0.364. The number of rotatable bonds is 8. The van der Waals surface area contributed by atoms with Gasteiger partial charge in [0.15, 0.2) is 6.61 Å². The molecule has 1 saturated heterocycles. The number of ether oxygens (including phenoxy) is 1. The summed E-state index contributed by atoms with van der Waals surface area (Å²) in [6.07, 6.45) is 0.492. The van der Waals surface area contributed by atoms with E-state index in [1.54, 1.807) is 24.3 Å². The molecule has 0 aromatic heterocycles. The van der Waals surface area contributed by atoms with Crippen molar-refractivity contribution in [3.8, 4) is 5.75 Å². The summed E-state index contributed by atoms with van der Waals surface area (Å²) in [6.45, 7) is 2.24. The first-order valence-electron chi connectivity index (χ1n) is 10.5. The second-order valence-electron chi connectivity index (χ2n) is 7.51. The fourth-order valence-electron chi connectivity index (χ4n) is 3.45. The van der Waals surface area contributed by atoms with Gasteiger partial charge in [-0.15, -0.1) is 0 Å². The molecule has 0 saturated carbocycles. The molecular formula is C22H25F2N3O5S. The quantitative estimate of drug-likeness (QED) is 0.603. The summed E-state index contributed by atoms with van der Waals surface area (Å²) in [7, 11) is -4.20. The normalized spacial score (nSPS) is 15.1. The third-order valence-corrected chi connectivity index (χ3v) is 7.12. The number of nitrogens with zero attached hydrogens (tertiary/aromatic N) is 1. The average molecular weight is 482 g/mol. The van der Waals surface area contributed by atoms with Crippen LogP contribution in [0.2, 0.25) is 0 Å². The number of hydrogen-bond acceptors (Lipinski definition) is 5. The van der Waals surface area contributed by atoms with Crippen LogP contribution in [0.4, 0.5) is 14.5 Å². The second kappa shape index (κ2) is 10.7.